The molecule has 4 rings (SSSR count). The maximum atomic E-state index is 14.8. The van der Waals surface area contributed by atoms with Crippen LogP contribution in [0.1, 0.15) is 49.7 Å². The molecule has 1 aliphatic heterocycles. The van der Waals surface area contributed by atoms with Gasteiger partial charge in [-0.25, -0.2) is 4.39 Å². The van der Waals surface area contributed by atoms with Crippen molar-refractivity contribution in [3.63, 3.8) is 0 Å². The number of terminal acetylenes is 1. The van der Waals surface area contributed by atoms with Crippen LogP contribution in [-0.4, -0.2) is 51.9 Å². The molecular weight excluding hydrogens is 519 g/mol. The number of amides is 3. The molecule has 0 saturated carbocycles. The fourth-order valence-corrected chi connectivity index (χ4v) is 5.15. The van der Waals surface area contributed by atoms with Gasteiger partial charge in [0, 0.05) is 34.6 Å². The Morgan fingerprint density at radius 3 is 2.64 bits per heavy atom. The lowest BCUT2D eigenvalue weighted by molar-refractivity contribution is -0.135. The predicted octanol–water partition coefficient (Wildman–Crippen LogP) is 5.25. The summed E-state index contributed by atoms with van der Waals surface area (Å²) in [4.78, 5) is 44.7. The molecule has 1 fully saturated rings. The number of anilines is 1. The number of hydrogen-bond donors (Lipinski definition) is 3. The lowest BCUT2D eigenvalue weighted by Crippen LogP contribution is -2.52. The van der Waals surface area contributed by atoms with Gasteiger partial charge in [-0.05, 0) is 70.0 Å². The number of nitrogens with one attached hydrogen (secondary N) is 3. The Bertz CT molecular complexity index is 1470. The van der Waals surface area contributed by atoms with Crippen molar-refractivity contribution in [1.29, 1.82) is 0 Å². The fourth-order valence-electron chi connectivity index (χ4n) is 4.97. The molecule has 1 aliphatic rings. The third-order valence-electron chi connectivity index (χ3n) is 7.08. The zero-order valence-corrected chi connectivity index (χ0v) is 23.2. The van der Waals surface area contributed by atoms with Crippen molar-refractivity contribution in [2.45, 2.75) is 58.3 Å². The highest BCUT2D eigenvalue weighted by Crippen LogP contribution is 2.37. The number of H-pyrrole nitrogens is 1. The number of likely N-dealkylation sites (tertiary alicyclic amines) is 1. The summed E-state index contributed by atoms with van der Waals surface area (Å²) in [5.41, 5.74) is -0.264. The number of rotatable bonds is 7. The first-order valence-corrected chi connectivity index (χ1v) is 13.1. The van der Waals surface area contributed by atoms with E-state index >= 15 is 0 Å². The molecule has 3 amide bonds. The van der Waals surface area contributed by atoms with Crippen molar-refractivity contribution in [3.05, 3.63) is 64.8 Å². The normalized spacial score (nSPS) is 19.9. The minimum absolute atomic E-state index is 0.0301. The van der Waals surface area contributed by atoms with Gasteiger partial charge in [0.15, 0.2) is 0 Å². The van der Waals surface area contributed by atoms with Gasteiger partial charge >= 0.3 is 0 Å². The second-order valence-corrected chi connectivity index (χ2v) is 11.5. The Balaban J connectivity index is 1.56. The molecule has 0 radical (unpaired) electrons. The number of nitrogens with zero attached hydrogens (tertiary/aromatic N) is 1. The van der Waals surface area contributed by atoms with Crippen LogP contribution in [0.4, 0.5) is 10.1 Å². The largest absolute Gasteiger partial charge is 0.351 e. The molecular formula is C30H32ClFN4O3. The van der Waals surface area contributed by atoms with E-state index in [0.717, 1.165) is 10.9 Å². The summed E-state index contributed by atoms with van der Waals surface area (Å²) in [7, 11) is 0. The van der Waals surface area contributed by atoms with Gasteiger partial charge < -0.3 is 20.5 Å². The quantitative estimate of drug-likeness (QED) is 0.351. The monoisotopic (exact) mass is 550 g/mol. The van der Waals surface area contributed by atoms with E-state index in [-0.39, 0.29) is 31.0 Å². The van der Waals surface area contributed by atoms with E-state index in [0.29, 0.717) is 16.2 Å². The van der Waals surface area contributed by atoms with Crippen LogP contribution < -0.4 is 10.6 Å². The minimum atomic E-state index is -1.77. The summed E-state index contributed by atoms with van der Waals surface area (Å²) in [6.07, 6.45) is 5.74. The Labute approximate surface area is 232 Å². The molecule has 1 aromatic heterocycles. The van der Waals surface area contributed by atoms with Crippen LogP contribution in [0.5, 0.6) is 0 Å². The van der Waals surface area contributed by atoms with E-state index < -0.39 is 35.0 Å². The van der Waals surface area contributed by atoms with E-state index in [1.165, 1.54) is 18.7 Å². The Kier molecular flexibility index (Phi) is 7.76. The highest BCUT2D eigenvalue weighted by atomic mass is 35.5. The summed E-state index contributed by atoms with van der Waals surface area (Å²) in [5, 5.41) is 6.88. The molecule has 1 saturated heterocycles. The highest BCUT2D eigenvalue weighted by molar-refractivity contribution is 6.31. The second-order valence-electron chi connectivity index (χ2n) is 11.0. The first-order chi connectivity index (χ1) is 18.3. The fraction of sp³-hybridized carbons (Fsp3) is 0.367. The van der Waals surface area contributed by atoms with Crippen LogP contribution in [0.2, 0.25) is 5.02 Å². The van der Waals surface area contributed by atoms with Crippen LogP contribution in [0, 0.1) is 24.7 Å². The Morgan fingerprint density at radius 2 is 1.97 bits per heavy atom. The number of halogens is 2. The van der Waals surface area contributed by atoms with Gasteiger partial charge in [-0.15, -0.1) is 6.42 Å². The number of alkyl halides is 1. The maximum Gasteiger partial charge on any atom is 0.268 e. The molecule has 204 valence electrons. The SMILES string of the molecule is C#C[C@@H]1C[C@](C)(C(=O)Nc2ccccc2C)CN1C(=O)[C@H](CC(C)(C)F)NC(=O)c1cc2cc(Cl)ccc2[nH]1. The van der Waals surface area contributed by atoms with Crippen LogP contribution >= 0.6 is 11.6 Å². The van der Waals surface area contributed by atoms with E-state index in [2.05, 4.69) is 21.5 Å². The highest BCUT2D eigenvalue weighted by Gasteiger charge is 2.49. The molecule has 0 bridgehead atoms. The van der Waals surface area contributed by atoms with Crippen molar-refractivity contribution in [3.8, 4) is 12.3 Å². The van der Waals surface area contributed by atoms with Crippen LogP contribution in [0.3, 0.4) is 0 Å². The van der Waals surface area contributed by atoms with Crippen molar-refractivity contribution in [2.75, 3.05) is 11.9 Å². The second kappa shape index (κ2) is 10.7. The molecule has 9 heteroatoms. The van der Waals surface area contributed by atoms with Crippen LogP contribution in [0.15, 0.2) is 48.5 Å². The zero-order chi connectivity index (χ0) is 28.5. The number of aromatic amines is 1. The topological polar surface area (TPSA) is 94.3 Å². The first-order valence-electron chi connectivity index (χ1n) is 12.7. The number of aromatic nitrogens is 1. The van der Waals surface area contributed by atoms with Gasteiger partial charge in [0.2, 0.25) is 11.8 Å². The lowest BCUT2D eigenvalue weighted by atomic mass is 9.86. The van der Waals surface area contributed by atoms with Crippen LogP contribution in [0.25, 0.3) is 10.9 Å². The number of carbonyl (C=O) groups excluding carboxylic acids is 3. The number of para-hydroxylation sites is 1. The predicted molar refractivity (Wildman–Crippen MR) is 151 cm³/mol. The molecule has 2 aromatic carbocycles. The van der Waals surface area contributed by atoms with Gasteiger partial charge in [0.05, 0.1) is 11.5 Å². The first kappa shape index (κ1) is 28.2. The van der Waals surface area contributed by atoms with Gasteiger partial charge in [0.1, 0.15) is 17.4 Å². The van der Waals surface area contributed by atoms with Gasteiger partial charge in [0.25, 0.3) is 5.91 Å². The molecule has 39 heavy (non-hydrogen) atoms. The minimum Gasteiger partial charge on any atom is -0.351 e. The van der Waals surface area contributed by atoms with E-state index in [4.69, 9.17) is 18.0 Å². The number of hydrogen-bond acceptors (Lipinski definition) is 3. The standard InChI is InChI=1S/C30H32ClFN4O3/c1-6-21-15-30(5,28(39)35-22-10-8-7-9-18(22)2)17-36(21)27(38)25(16-29(3,4)32)34-26(37)24-14-19-13-20(31)11-12-23(19)33-24/h1,7-14,21,25,33H,15-17H2,2-5H3,(H,34,37)(H,35,39)/t21-,25+,30+/m1/s1. The number of fused-ring (bicyclic) bond motifs is 1. The average molecular weight is 551 g/mol. The van der Waals surface area contributed by atoms with Gasteiger partial charge in [-0.1, -0.05) is 35.7 Å². The molecule has 0 unspecified atom stereocenters. The molecule has 3 N–H and O–H groups in total. The van der Waals surface area contributed by atoms with Crippen molar-refractivity contribution >= 4 is 45.9 Å². The molecule has 0 aliphatic carbocycles. The van der Waals surface area contributed by atoms with E-state index in [9.17, 15) is 18.8 Å². The van der Waals surface area contributed by atoms with Gasteiger partial charge in [-0.3, -0.25) is 14.4 Å². The Hall–Kier alpha value is -3.83. The van der Waals surface area contributed by atoms with Crippen molar-refractivity contribution in [2.24, 2.45) is 5.41 Å². The summed E-state index contributed by atoms with van der Waals surface area (Å²) in [6.45, 7) is 6.35. The summed E-state index contributed by atoms with van der Waals surface area (Å²) >= 11 is 6.05. The summed E-state index contributed by atoms with van der Waals surface area (Å²) in [6, 6.07) is 12.3. The number of carbonyl (C=O) groups is 3. The van der Waals surface area contributed by atoms with E-state index in [1.54, 1.807) is 37.3 Å². The maximum absolute atomic E-state index is 14.8. The molecule has 0 spiro atoms. The Morgan fingerprint density at radius 1 is 1.26 bits per heavy atom. The molecule has 3 aromatic rings. The van der Waals surface area contributed by atoms with Crippen molar-refractivity contribution in [1.82, 2.24) is 15.2 Å². The van der Waals surface area contributed by atoms with E-state index in [1.807, 2.05) is 25.1 Å². The third-order valence-corrected chi connectivity index (χ3v) is 7.31. The zero-order valence-electron chi connectivity index (χ0n) is 22.4. The average Bonchev–Trinajstić information content (AvgIpc) is 3.45. The smallest absolute Gasteiger partial charge is 0.268 e. The number of benzene rings is 2. The van der Waals surface area contributed by atoms with Crippen LogP contribution in [-0.2, 0) is 9.59 Å². The summed E-state index contributed by atoms with van der Waals surface area (Å²) in [5.74, 6) is 1.23. The molecule has 3 atom stereocenters. The third kappa shape index (κ3) is 6.26. The molecule has 2 heterocycles. The lowest BCUT2D eigenvalue weighted by Gasteiger charge is -2.30. The van der Waals surface area contributed by atoms with Gasteiger partial charge in [-0.2, -0.15) is 0 Å². The van der Waals surface area contributed by atoms with Crippen molar-refractivity contribution < 1.29 is 18.8 Å². The number of aryl methyl sites for hydroxylation is 1. The summed E-state index contributed by atoms with van der Waals surface area (Å²) < 4.78 is 14.8. The molecule has 7 nitrogen and oxygen atoms in total.